The molecule has 34 heavy (non-hydrogen) atoms. The Morgan fingerprint density at radius 3 is 2.12 bits per heavy atom. The van der Waals surface area contributed by atoms with Crippen LogP contribution in [0.1, 0.15) is 38.2 Å². The summed E-state index contributed by atoms with van der Waals surface area (Å²) in [6.07, 6.45) is 9.28. The summed E-state index contributed by atoms with van der Waals surface area (Å²) in [5, 5.41) is 0. The molecule has 2 bridgehead atoms. The fourth-order valence-corrected chi connectivity index (χ4v) is 5.58. The molecule has 2 fully saturated rings. The van der Waals surface area contributed by atoms with E-state index in [1.807, 2.05) is 12.4 Å². The molecule has 3 aromatic rings. The van der Waals surface area contributed by atoms with Gasteiger partial charge in [0, 0.05) is 37.3 Å². The number of piperidine rings is 1. The van der Waals surface area contributed by atoms with E-state index in [2.05, 4.69) is 21.8 Å². The zero-order valence-corrected chi connectivity index (χ0v) is 20.0. The van der Waals surface area contributed by atoms with Crippen molar-refractivity contribution in [2.24, 2.45) is 0 Å². The van der Waals surface area contributed by atoms with Crippen LogP contribution in [-0.4, -0.2) is 39.0 Å². The molecular weight excluding hydrogens is 456 g/mol. The molecule has 0 N–H and O–H groups in total. The summed E-state index contributed by atoms with van der Waals surface area (Å²) in [6.45, 7) is 2.07. The molecule has 0 amide bonds. The normalized spacial score (nSPS) is 22.6. The maximum absolute atomic E-state index is 14.9. The molecule has 3 heterocycles. The molecule has 3 atom stereocenters. The first-order chi connectivity index (χ1) is 16.4. The highest BCUT2D eigenvalue weighted by Gasteiger charge is 2.43. The zero-order valence-electron chi connectivity index (χ0n) is 19.2. The topological polar surface area (TPSA) is 61.3 Å². The number of benzene rings is 2. The van der Waals surface area contributed by atoms with Gasteiger partial charge in [0.25, 0.3) is 0 Å². The Labute approximate surface area is 201 Å². The minimum atomic E-state index is -1.11. The number of hydrogen-bond acceptors (Lipinski definition) is 5. The van der Waals surface area contributed by atoms with Crippen LogP contribution >= 0.6 is 0 Å². The van der Waals surface area contributed by atoms with Crippen LogP contribution in [0.3, 0.4) is 0 Å². The van der Waals surface area contributed by atoms with Crippen LogP contribution in [-0.2, 0) is 17.6 Å². The third-order valence-electron chi connectivity index (χ3n) is 6.82. The fraction of sp³-hybridized carbons (Fsp3) is 0.385. The van der Waals surface area contributed by atoms with Gasteiger partial charge in [0.15, 0.2) is 22.3 Å². The first-order valence-electron chi connectivity index (χ1n) is 11.6. The highest BCUT2D eigenvalue weighted by atomic mass is 32.2. The molecule has 5 rings (SSSR count). The lowest BCUT2D eigenvalue weighted by atomic mass is 9.99. The van der Waals surface area contributed by atoms with E-state index in [1.54, 1.807) is 30.5 Å². The van der Waals surface area contributed by atoms with E-state index < -0.39 is 22.8 Å². The Bertz CT molecular complexity index is 1120. The number of anilines is 1. The highest BCUT2D eigenvalue weighted by Crippen LogP contribution is 2.40. The SMILES string of the molecule is CCc1cnc(N2C3CCC2CC(Oc2c(F)cc(-c4ccc([S+](C)[O-])cc4)cc2F)C3)nc1. The van der Waals surface area contributed by atoms with Crippen LogP contribution in [0.4, 0.5) is 14.7 Å². The summed E-state index contributed by atoms with van der Waals surface area (Å²) in [7, 11) is 0. The van der Waals surface area contributed by atoms with Gasteiger partial charge in [0.1, 0.15) is 12.4 Å². The summed E-state index contributed by atoms with van der Waals surface area (Å²) >= 11 is -1.11. The quantitative estimate of drug-likeness (QED) is 0.445. The van der Waals surface area contributed by atoms with E-state index >= 15 is 0 Å². The molecule has 2 aliphatic rings. The van der Waals surface area contributed by atoms with Crippen molar-refractivity contribution in [3.05, 3.63) is 66.0 Å². The number of halogens is 2. The van der Waals surface area contributed by atoms with Gasteiger partial charge in [0.05, 0.1) is 0 Å². The van der Waals surface area contributed by atoms with Gasteiger partial charge < -0.3 is 14.2 Å². The van der Waals surface area contributed by atoms with E-state index in [0.717, 1.165) is 30.8 Å². The second-order valence-corrected chi connectivity index (χ2v) is 10.4. The van der Waals surface area contributed by atoms with Crippen molar-refractivity contribution in [1.82, 2.24) is 9.97 Å². The van der Waals surface area contributed by atoms with Crippen molar-refractivity contribution in [2.75, 3.05) is 11.2 Å². The Kier molecular flexibility index (Phi) is 6.44. The molecule has 2 saturated heterocycles. The number of ether oxygens (including phenoxy) is 1. The third kappa shape index (κ3) is 4.49. The van der Waals surface area contributed by atoms with Crippen molar-refractivity contribution in [3.8, 4) is 16.9 Å². The van der Waals surface area contributed by atoms with Crippen LogP contribution in [0, 0.1) is 11.6 Å². The first-order valence-corrected chi connectivity index (χ1v) is 13.2. The Morgan fingerprint density at radius 1 is 1.00 bits per heavy atom. The number of rotatable bonds is 6. The lowest BCUT2D eigenvalue weighted by Gasteiger charge is -2.38. The molecule has 0 radical (unpaired) electrons. The van der Waals surface area contributed by atoms with Gasteiger partial charge in [-0.2, -0.15) is 0 Å². The van der Waals surface area contributed by atoms with Gasteiger partial charge in [-0.15, -0.1) is 0 Å². The third-order valence-corrected chi connectivity index (χ3v) is 7.76. The Morgan fingerprint density at radius 2 is 1.59 bits per heavy atom. The molecule has 178 valence electrons. The van der Waals surface area contributed by atoms with Crippen LogP contribution in [0.5, 0.6) is 5.75 Å². The maximum atomic E-state index is 14.9. The second kappa shape index (κ2) is 9.50. The molecule has 8 heteroatoms. The lowest BCUT2D eigenvalue weighted by Crippen LogP contribution is -2.47. The largest absolute Gasteiger partial charge is 0.612 e. The summed E-state index contributed by atoms with van der Waals surface area (Å²) in [5.74, 6) is -1.03. The monoisotopic (exact) mass is 483 g/mol. The fourth-order valence-electron chi connectivity index (χ4n) is 5.06. The van der Waals surface area contributed by atoms with E-state index in [1.165, 1.54) is 12.1 Å². The summed E-state index contributed by atoms with van der Waals surface area (Å²) in [5.41, 5.74) is 2.16. The average Bonchev–Trinajstić information content (AvgIpc) is 3.11. The number of aromatic nitrogens is 2. The minimum absolute atomic E-state index is 0.198. The van der Waals surface area contributed by atoms with Crippen molar-refractivity contribution < 1.29 is 18.1 Å². The Balaban J connectivity index is 1.30. The van der Waals surface area contributed by atoms with Gasteiger partial charge in [-0.05, 0) is 83.5 Å². The highest BCUT2D eigenvalue weighted by molar-refractivity contribution is 7.90. The van der Waals surface area contributed by atoms with Gasteiger partial charge >= 0.3 is 0 Å². The molecule has 0 spiro atoms. The van der Waals surface area contributed by atoms with Gasteiger partial charge in [0.2, 0.25) is 5.95 Å². The zero-order chi connectivity index (χ0) is 23.8. The van der Waals surface area contributed by atoms with Gasteiger partial charge in [-0.1, -0.05) is 6.92 Å². The molecule has 3 unspecified atom stereocenters. The molecule has 2 aromatic carbocycles. The molecule has 1 aromatic heterocycles. The predicted molar refractivity (Wildman–Crippen MR) is 128 cm³/mol. The molecular formula is C26H27F2N3O2S. The van der Waals surface area contributed by atoms with Crippen LogP contribution in [0.2, 0.25) is 0 Å². The molecule has 0 aliphatic carbocycles. The average molecular weight is 484 g/mol. The summed E-state index contributed by atoms with van der Waals surface area (Å²) in [4.78, 5) is 12.0. The second-order valence-electron chi connectivity index (χ2n) is 9.00. The first kappa shape index (κ1) is 23.1. The predicted octanol–water partition coefficient (Wildman–Crippen LogP) is 5.30. The summed E-state index contributed by atoms with van der Waals surface area (Å²) < 4.78 is 47.4. The smallest absolute Gasteiger partial charge is 0.225 e. The van der Waals surface area contributed by atoms with Crippen LogP contribution in [0.25, 0.3) is 11.1 Å². The number of hydrogen-bond donors (Lipinski definition) is 0. The van der Waals surface area contributed by atoms with Crippen molar-refractivity contribution in [2.45, 2.75) is 62.1 Å². The van der Waals surface area contributed by atoms with Gasteiger partial charge in [-0.25, -0.2) is 18.7 Å². The van der Waals surface area contributed by atoms with Gasteiger partial charge in [-0.3, -0.25) is 0 Å². The van der Waals surface area contributed by atoms with Crippen LogP contribution in [0.15, 0.2) is 53.7 Å². The molecule has 5 nitrogen and oxygen atoms in total. The van der Waals surface area contributed by atoms with Crippen molar-refractivity contribution >= 4 is 17.1 Å². The summed E-state index contributed by atoms with van der Waals surface area (Å²) in [6, 6.07) is 9.83. The standard InChI is InChI=1S/C26H27F2N3O2S/c1-3-16-14-29-26(30-15-16)31-19-6-7-20(31)13-21(12-19)33-25-23(27)10-18(11-24(25)28)17-4-8-22(9-5-17)34(2)32/h4-5,8-11,14-15,19-21H,3,6-7,12-13H2,1-2H3. The van der Waals surface area contributed by atoms with Crippen molar-refractivity contribution in [3.63, 3.8) is 0 Å². The lowest BCUT2D eigenvalue weighted by molar-refractivity contribution is 0.137. The van der Waals surface area contributed by atoms with E-state index in [-0.39, 0.29) is 23.9 Å². The van der Waals surface area contributed by atoms with E-state index in [0.29, 0.717) is 28.9 Å². The maximum Gasteiger partial charge on any atom is 0.225 e. The van der Waals surface area contributed by atoms with E-state index in [4.69, 9.17) is 4.74 Å². The number of nitrogens with zero attached hydrogens (tertiary/aromatic N) is 3. The van der Waals surface area contributed by atoms with E-state index in [9.17, 15) is 13.3 Å². The molecule has 2 aliphatic heterocycles. The Hall–Kier alpha value is -2.71. The number of fused-ring (bicyclic) bond motifs is 2. The van der Waals surface area contributed by atoms with Crippen LogP contribution < -0.4 is 9.64 Å². The molecule has 0 saturated carbocycles. The number of aryl methyl sites for hydroxylation is 1. The minimum Gasteiger partial charge on any atom is -0.612 e. The van der Waals surface area contributed by atoms with Crippen molar-refractivity contribution in [1.29, 1.82) is 0 Å².